The fraction of sp³-hybridized carbons (Fsp3) is 0.250. The van der Waals surface area contributed by atoms with Crippen LogP contribution in [0.4, 0.5) is 0 Å². The molecular formula is C20H21N5OS2. The summed E-state index contributed by atoms with van der Waals surface area (Å²) in [7, 11) is 1.75. The maximum Gasteiger partial charge on any atom is 0.191 e. The van der Waals surface area contributed by atoms with Crippen LogP contribution in [0.15, 0.2) is 45.8 Å². The quantitative estimate of drug-likeness (QED) is 0.374. The Kier molecular flexibility index (Phi) is 5.40. The summed E-state index contributed by atoms with van der Waals surface area (Å²) in [4.78, 5) is 14.7. The summed E-state index contributed by atoms with van der Waals surface area (Å²) < 4.78 is 7.13. The van der Waals surface area contributed by atoms with Gasteiger partial charge in [-0.1, -0.05) is 12.1 Å². The van der Waals surface area contributed by atoms with Crippen molar-refractivity contribution in [3.63, 3.8) is 0 Å². The highest BCUT2D eigenvalue weighted by Gasteiger charge is 2.11. The maximum absolute atomic E-state index is 5.97. The molecule has 8 heteroatoms. The van der Waals surface area contributed by atoms with Gasteiger partial charge in [0.05, 0.1) is 29.0 Å². The van der Waals surface area contributed by atoms with Crippen LogP contribution in [0.1, 0.15) is 21.3 Å². The van der Waals surface area contributed by atoms with Gasteiger partial charge < -0.3 is 15.1 Å². The molecule has 0 atom stereocenters. The fourth-order valence-corrected chi connectivity index (χ4v) is 4.53. The third-order valence-electron chi connectivity index (χ3n) is 4.30. The van der Waals surface area contributed by atoms with Crippen LogP contribution in [0.5, 0.6) is 0 Å². The number of benzene rings is 1. The number of aliphatic imine (C=N–C) groups is 1. The molecule has 4 aromatic rings. The molecule has 4 rings (SSSR count). The lowest BCUT2D eigenvalue weighted by molar-refractivity contribution is 0.513. The van der Waals surface area contributed by atoms with Gasteiger partial charge in [0, 0.05) is 11.9 Å². The van der Waals surface area contributed by atoms with Crippen LogP contribution in [-0.4, -0.2) is 23.0 Å². The Balaban J connectivity index is 1.36. The van der Waals surface area contributed by atoms with Crippen molar-refractivity contribution in [2.75, 3.05) is 7.05 Å². The van der Waals surface area contributed by atoms with Gasteiger partial charge in [-0.15, -0.1) is 22.7 Å². The lowest BCUT2D eigenvalue weighted by Crippen LogP contribution is -2.36. The molecule has 3 heterocycles. The monoisotopic (exact) mass is 411 g/mol. The van der Waals surface area contributed by atoms with E-state index in [1.54, 1.807) is 29.7 Å². The molecule has 0 radical (unpaired) electrons. The van der Waals surface area contributed by atoms with E-state index in [1.165, 1.54) is 4.88 Å². The van der Waals surface area contributed by atoms with Crippen molar-refractivity contribution in [1.82, 2.24) is 20.6 Å². The van der Waals surface area contributed by atoms with Crippen LogP contribution in [0.3, 0.4) is 0 Å². The van der Waals surface area contributed by atoms with Crippen molar-refractivity contribution in [2.24, 2.45) is 4.99 Å². The van der Waals surface area contributed by atoms with Crippen LogP contribution < -0.4 is 10.6 Å². The van der Waals surface area contributed by atoms with E-state index in [0.29, 0.717) is 19.0 Å². The number of aryl methyl sites for hydroxylation is 2. The Morgan fingerprint density at radius 1 is 1.04 bits per heavy atom. The molecule has 3 aromatic heterocycles. The molecule has 0 spiro atoms. The predicted molar refractivity (Wildman–Crippen MR) is 116 cm³/mol. The molecule has 0 aliphatic carbocycles. The highest BCUT2D eigenvalue weighted by Crippen LogP contribution is 2.31. The Labute approximate surface area is 171 Å². The summed E-state index contributed by atoms with van der Waals surface area (Å²) in [6.45, 7) is 5.31. The summed E-state index contributed by atoms with van der Waals surface area (Å²) in [5, 5.41) is 8.50. The van der Waals surface area contributed by atoms with Crippen molar-refractivity contribution in [3.05, 3.63) is 57.7 Å². The van der Waals surface area contributed by atoms with Crippen molar-refractivity contribution < 1.29 is 4.42 Å². The number of para-hydroxylation sites is 1. The van der Waals surface area contributed by atoms with E-state index in [2.05, 4.69) is 38.6 Å². The van der Waals surface area contributed by atoms with Crippen molar-refractivity contribution >= 4 is 38.8 Å². The van der Waals surface area contributed by atoms with E-state index in [4.69, 9.17) is 4.42 Å². The van der Waals surface area contributed by atoms with Gasteiger partial charge in [-0.05, 0) is 38.1 Å². The number of furan rings is 1. The predicted octanol–water partition coefficient (Wildman–Crippen LogP) is 4.49. The topological polar surface area (TPSA) is 75.3 Å². The standard InChI is InChI=1S/C20H21N5OS2/c1-12-13(2)27-18(24-12)11-23-20(21-3)22-10-14-8-9-16(26-14)19-25-15-6-4-5-7-17(15)28-19/h4-9H,10-11H2,1-3H3,(H2,21,22,23). The van der Waals surface area contributed by atoms with Crippen LogP contribution >= 0.6 is 22.7 Å². The molecule has 0 bridgehead atoms. The molecule has 28 heavy (non-hydrogen) atoms. The second-order valence-corrected chi connectivity index (χ2v) is 8.60. The minimum absolute atomic E-state index is 0.542. The first-order valence-corrected chi connectivity index (χ1v) is 10.6. The number of thiazole rings is 2. The Morgan fingerprint density at radius 3 is 2.61 bits per heavy atom. The molecule has 0 aliphatic rings. The third-order valence-corrected chi connectivity index (χ3v) is 6.42. The number of aromatic nitrogens is 2. The smallest absolute Gasteiger partial charge is 0.191 e. The summed E-state index contributed by atoms with van der Waals surface area (Å²) in [5.41, 5.74) is 2.08. The van der Waals surface area contributed by atoms with Gasteiger partial charge in [0.15, 0.2) is 16.7 Å². The number of fused-ring (bicyclic) bond motifs is 1. The van der Waals surface area contributed by atoms with E-state index >= 15 is 0 Å². The Morgan fingerprint density at radius 2 is 1.86 bits per heavy atom. The van der Waals surface area contributed by atoms with Crippen LogP contribution in [-0.2, 0) is 13.1 Å². The fourth-order valence-electron chi connectivity index (χ4n) is 2.73. The molecule has 0 amide bonds. The zero-order chi connectivity index (χ0) is 19.5. The molecular weight excluding hydrogens is 390 g/mol. The van der Waals surface area contributed by atoms with Gasteiger partial charge >= 0.3 is 0 Å². The second kappa shape index (κ2) is 8.12. The van der Waals surface area contributed by atoms with Gasteiger partial charge in [-0.25, -0.2) is 9.97 Å². The molecule has 6 nitrogen and oxygen atoms in total. The number of rotatable bonds is 5. The SMILES string of the molecule is CN=C(NCc1ccc(-c2nc3ccccc3s2)o1)NCc1nc(C)c(C)s1. The molecule has 0 saturated carbocycles. The highest BCUT2D eigenvalue weighted by molar-refractivity contribution is 7.21. The largest absolute Gasteiger partial charge is 0.457 e. The van der Waals surface area contributed by atoms with Crippen LogP contribution in [0, 0.1) is 13.8 Å². The van der Waals surface area contributed by atoms with E-state index in [9.17, 15) is 0 Å². The first-order chi connectivity index (χ1) is 13.6. The third kappa shape index (κ3) is 4.07. The molecule has 0 fully saturated rings. The van der Waals surface area contributed by atoms with Crippen molar-refractivity contribution in [1.29, 1.82) is 0 Å². The van der Waals surface area contributed by atoms with E-state index in [0.717, 1.165) is 37.4 Å². The van der Waals surface area contributed by atoms with Gasteiger partial charge in [-0.3, -0.25) is 4.99 Å². The van der Waals surface area contributed by atoms with E-state index in [1.807, 2.05) is 37.3 Å². The lowest BCUT2D eigenvalue weighted by atomic mass is 10.3. The summed E-state index contributed by atoms with van der Waals surface area (Å²) in [5.74, 6) is 2.33. The molecule has 0 aliphatic heterocycles. The van der Waals surface area contributed by atoms with Gasteiger partial charge in [0.1, 0.15) is 10.8 Å². The number of hydrogen-bond donors (Lipinski definition) is 2. The zero-order valence-electron chi connectivity index (χ0n) is 15.9. The van der Waals surface area contributed by atoms with Gasteiger partial charge in [-0.2, -0.15) is 0 Å². The van der Waals surface area contributed by atoms with Crippen molar-refractivity contribution in [3.8, 4) is 10.8 Å². The first kappa shape index (κ1) is 18.6. The number of hydrogen-bond acceptors (Lipinski definition) is 6. The summed E-state index contributed by atoms with van der Waals surface area (Å²) in [6.07, 6.45) is 0. The average molecular weight is 412 g/mol. The molecule has 1 aromatic carbocycles. The van der Waals surface area contributed by atoms with Crippen LogP contribution in [0.25, 0.3) is 21.0 Å². The summed E-state index contributed by atoms with van der Waals surface area (Å²) in [6, 6.07) is 12.0. The van der Waals surface area contributed by atoms with Gasteiger partial charge in [0.25, 0.3) is 0 Å². The van der Waals surface area contributed by atoms with E-state index < -0.39 is 0 Å². The highest BCUT2D eigenvalue weighted by atomic mass is 32.1. The second-order valence-electron chi connectivity index (χ2n) is 6.28. The van der Waals surface area contributed by atoms with Gasteiger partial charge in [0.2, 0.25) is 0 Å². The maximum atomic E-state index is 5.97. The number of nitrogens with one attached hydrogen (secondary N) is 2. The molecule has 0 saturated heterocycles. The minimum atomic E-state index is 0.542. The zero-order valence-corrected chi connectivity index (χ0v) is 17.6. The lowest BCUT2D eigenvalue weighted by Gasteiger charge is -2.09. The molecule has 2 N–H and O–H groups in total. The summed E-state index contributed by atoms with van der Waals surface area (Å²) >= 11 is 3.34. The molecule has 0 unspecified atom stereocenters. The molecule has 144 valence electrons. The first-order valence-electron chi connectivity index (χ1n) is 8.94. The number of guanidine groups is 1. The Bertz CT molecular complexity index is 1070. The number of nitrogens with zero attached hydrogens (tertiary/aromatic N) is 3. The average Bonchev–Trinajstić information content (AvgIpc) is 3.40. The Hall–Kier alpha value is -2.71. The minimum Gasteiger partial charge on any atom is -0.457 e. The van der Waals surface area contributed by atoms with Crippen LogP contribution in [0.2, 0.25) is 0 Å². The van der Waals surface area contributed by atoms with Crippen molar-refractivity contribution in [2.45, 2.75) is 26.9 Å². The normalized spacial score (nSPS) is 11.9. The van der Waals surface area contributed by atoms with E-state index in [-0.39, 0.29) is 0 Å².